The summed E-state index contributed by atoms with van der Waals surface area (Å²) >= 11 is 0. The maximum Gasteiger partial charge on any atom is 0.271 e. The molecule has 1 atom stereocenters. The molecule has 152 valence electrons. The lowest BCUT2D eigenvalue weighted by molar-refractivity contribution is 0.459. The fourth-order valence-corrected chi connectivity index (χ4v) is 4.44. The van der Waals surface area contributed by atoms with Crippen molar-refractivity contribution >= 4 is 10.1 Å². The van der Waals surface area contributed by atoms with Crippen LogP contribution in [0.2, 0.25) is 0 Å². The van der Waals surface area contributed by atoms with Crippen molar-refractivity contribution < 1.29 is 21.8 Å². The molecule has 0 aliphatic carbocycles. The Bertz CT molecular complexity index is 999. The zero-order chi connectivity index (χ0) is 21.0. The standard InChI is InChI=1S/C23H22F2O3S/c1-16-2-4-19(5-3-16)23(29(26,27)28)15-14-22(17-6-10-20(24)11-7-17)18-8-12-21(25)13-9-18/h2-13,22-23H,14-15H2,1H3,(H,26,27,28). The Balaban J connectivity index is 1.92. The van der Waals surface area contributed by atoms with Crippen molar-refractivity contribution in [3.63, 3.8) is 0 Å². The van der Waals surface area contributed by atoms with E-state index in [0.29, 0.717) is 12.0 Å². The van der Waals surface area contributed by atoms with E-state index < -0.39 is 15.4 Å². The zero-order valence-corrected chi connectivity index (χ0v) is 16.7. The molecule has 3 aromatic rings. The predicted octanol–water partition coefficient (Wildman–Crippen LogP) is 5.81. The van der Waals surface area contributed by atoms with E-state index in [1.54, 1.807) is 48.5 Å². The third-order valence-electron chi connectivity index (χ3n) is 5.07. The normalized spacial score (nSPS) is 12.9. The quantitative estimate of drug-likeness (QED) is 0.494. The minimum Gasteiger partial charge on any atom is -0.285 e. The smallest absolute Gasteiger partial charge is 0.271 e. The molecule has 0 fully saturated rings. The molecule has 0 heterocycles. The SMILES string of the molecule is Cc1ccc(C(CCC(c2ccc(F)cc2)c2ccc(F)cc2)S(=O)(=O)O)cc1. The fraction of sp³-hybridized carbons (Fsp3) is 0.217. The van der Waals surface area contributed by atoms with Crippen molar-refractivity contribution in [1.82, 2.24) is 0 Å². The predicted molar refractivity (Wildman–Crippen MR) is 109 cm³/mol. The van der Waals surface area contributed by atoms with Crippen molar-refractivity contribution in [2.75, 3.05) is 0 Å². The van der Waals surface area contributed by atoms with Gasteiger partial charge in [0, 0.05) is 5.92 Å². The van der Waals surface area contributed by atoms with Gasteiger partial charge in [-0.3, -0.25) is 4.55 Å². The van der Waals surface area contributed by atoms with Crippen LogP contribution < -0.4 is 0 Å². The Hall–Kier alpha value is -2.57. The number of benzene rings is 3. The average Bonchev–Trinajstić information content (AvgIpc) is 2.67. The highest BCUT2D eigenvalue weighted by Crippen LogP contribution is 2.35. The minimum atomic E-state index is -4.32. The van der Waals surface area contributed by atoms with Gasteiger partial charge in [0.25, 0.3) is 10.1 Å². The van der Waals surface area contributed by atoms with Gasteiger partial charge in [0.05, 0.1) is 0 Å². The van der Waals surface area contributed by atoms with Gasteiger partial charge in [-0.1, -0.05) is 54.1 Å². The van der Waals surface area contributed by atoms with Crippen LogP contribution in [0.3, 0.4) is 0 Å². The van der Waals surface area contributed by atoms with Crippen molar-refractivity contribution in [2.24, 2.45) is 0 Å². The molecule has 0 aliphatic heterocycles. The highest BCUT2D eigenvalue weighted by Gasteiger charge is 2.27. The Kier molecular flexibility index (Phi) is 6.45. The van der Waals surface area contributed by atoms with Crippen LogP contribution in [0.4, 0.5) is 8.78 Å². The number of rotatable bonds is 7. The summed E-state index contributed by atoms with van der Waals surface area (Å²) in [5.74, 6) is -1.02. The van der Waals surface area contributed by atoms with Crippen molar-refractivity contribution in [3.8, 4) is 0 Å². The molecule has 3 aromatic carbocycles. The lowest BCUT2D eigenvalue weighted by atomic mass is 9.86. The molecule has 1 N–H and O–H groups in total. The molecular formula is C23H22F2O3S. The van der Waals surface area contributed by atoms with Gasteiger partial charge in [0.1, 0.15) is 16.9 Å². The molecule has 0 aromatic heterocycles. The van der Waals surface area contributed by atoms with Gasteiger partial charge in [-0.15, -0.1) is 0 Å². The van der Waals surface area contributed by atoms with Crippen molar-refractivity contribution in [2.45, 2.75) is 30.9 Å². The van der Waals surface area contributed by atoms with Gasteiger partial charge >= 0.3 is 0 Å². The molecule has 0 bridgehead atoms. The third-order valence-corrected chi connectivity index (χ3v) is 6.30. The first-order valence-electron chi connectivity index (χ1n) is 9.28. The first kappa shape index (κ1) is 21.1. The van der Waals surface area contributed by atoms with Gasteiger partial charge in [0.15, 0.2) is 0 Å². The number of halogens is 2. The van der Waals surface area contributed by atoms with Crippen LogP contribution in [0.25, 0.3) is 0 Å². The summed E-state index contributed by atoms with van der Waals surface area (Å²) in [5, 5.41) is -1.08. The molecule has 3 nitrogen and oxygen atoms in total. The largest absolute Gasteiger partial charge is 0.285 e. The summed E-state index contributed by atoms with van der Waals surface area (Å²) in [6, 6.07) is 18.9. The number of hydrogen-bond acceptors (Lipinski definition) is 2. The fourth-order valence-electron chi connectivity index (χ4n) is 3.50. The van der Waals surface area contributed by atoms with Crippen molar-refractivity contribution in [3.05, 3.63) is 107 Å². The number of aryl methyl sites for hydroxylation is 1. The molecule has 0 radical (unpaired) electrons. The van der Waals surface area contributed by atoms with Crippen LogP contribution in [0.5, 0.6) is 0 Å². The summed E-state index contributed by atoms with van der Waals surface area (Å²) in [6.45, 7) is 1.89. The average molecular weight is 416 g/mol. The van der Waals surface area contributed by atoms with Gasteiger partial charge in [0.2, 0.25) is 0 Å². The summed E-state index contributed by atoms with van der Waals surface area (Å²) in [5.41, 5.74) is 3.07. The first-order valence-corrected chi connectivity index (χ1v) is 10.8. The molecule has 0 spiro atoms. The molecular weight excluding hydrogens is 394 g/mol. The minimum absolute atomic E-state index is 0.154. The van der Waals surface area contributed by atoms with E-state index in [1.807, 2.05) is 6.92 Å². The maximum atomic E-state index is 13.4. The summed E-state index contributed by atoms with van der Waals surface area (Å²) in [6.07, 6.45) is 0.525. The zero-order valence-electron chi connectivity index (χ0n) is 15.9. The van der Waals surface area contributed by atoms with Crippen LogP contribution in [0.15, 0.2) is 72.8 Å². The molecule has 0 aliphatic rings. The highest BCUT2D eigenvalue weighted by molar-refractivity contribution is 7.86. The lowest BCUT2D eigenvalue weighted by Gasteiger charge is -2.21. The lowest BCUT2D eigenvalue weighted by Crippen LogP contribution is -2.14. The van der Waals surface area contributed by atoms with Gasteiger partial charge in [-0.05, 0) is 60.7 Å². The first-order chi connectivity index (χ1) is 13.7. The van der Waals surface area contributed by atoms with Crippen molar-refractivity contribution in [1.29, 1.82) is 0 Å². The molecule has 1 unspecified atom stereocenters. The molecule has 0 amide bonds. The van der Waals surface area contributed by atoms with E-state index in [9.17, 15) is 21.8 Å². The van der Waals surface area contributed by atoms with E-state index in [4.69, 9.17) is 0 Å². The van der Waals surface area contributed by atoms with E-state index in [1.165, 1.54) is 24.3 Å². The van der Waals surface area contributed by atoms with E-state index in [2.05, 4.69) is 0 Å². The molecule has 0 saturated heterocycles. The van der Waals surface area contributed by atoms with Crippen LogP contribution >= 0.6 is 0 Å². The monoisotopic (exact) mass is 416 g/mol. The third kappa shape index (κ3) is 5.49. The Morgan fingerprint density at radius 2 is 1.14 bits per heavy atom. The van der Waals surface area contributed by atoms with Crippen LogP contribution in [-0.4, -0.2) is 13.0 Å². The second kappa shape index (κ2) is 8.84. The Morgan fingerprint density at radius 1 is 0.724 bits per heavy atom. The van der Waals surface area contributed by atoms with E-state index in [-0.39, 0.29) is 24.0 Å². The Morgan fingerprint density at radius 3 is 1.55 bits per heavy atom. The summed E-state index contributed by atoms with van der Waals surface area (Å²) in [4.78, 5) is 0. The second-order valence-corrected chi connectivity index (χ2v) is 8.75. The second-order valence-electron chi connectivity index (χ2n) is 7.15. The van der Waals surface area contributed by atoms with E-state index in [0.717, 1.165) is 16.7 Å². The van der Waals surface area contributed by atoms with Crippen LogP contribution in [0.1, 0.15) is 46.3 Å². The highest BCUT2D eigenvalue weighted by atomic mass is 32.2. The summed E-state index contributed by atoms with van der Waals surface area (Å²) in [7, 11) is -4.32. The van der Waals surface area contributed by atoms with Crippen LogP contribution in [0, 0.1) is 18.6 Å². The molecule has 6 heteroatoms. The van der Waals surface area contributed by atoms with Crippen LogP contribution in [-0.2, 0) is 10.1 Å². The molecule has 0 saturated carbocycles. The molecule has 29 heavy (non-hydrogen) atoms. The molecule has 3 rings (SSSR count). The number of hydrogen-bond donors (Lipinski definition) is 1. The Labute approximate surface area is 169 Å². The van der Waals surface area contributed by atoms with Gasteiger partial charge < -0.3 is 0 Å². The maximum absolute atomic E-state index is 13.4. The van der Waals surface area contributed by atoms with Gasteiger partial charge in [-0.25, -0.2) is 8.78 Å². The topological polar surface area (TPSA) is 54.4 Å². The van der Waals surface area contributed by atoms with E-state index >= 15 is 0 Å². The van der Waals surface area contributed by atoms with Gasteiger partial charge in [-0.2, -0.15) is 8.42 Å². The summed E-state index contributed by atoms with van der Waals surface area (Å²) < 4.78 is 60.6.